The van der Waals surface area contributed by atoms with Crippen LogP contribution in [0.2, 0.25) is 24.2 Å². The number of benzene rings is 1. The van der Waals surface area contributed by atoms with Crippen molar-refractivity contribution in [2.45, 2.75) is 164 Å². The van der Waals surface area contributed by atoms with E-state index in [1.54, 1.807) is 5.32 Å². The van der Waals surface area contributed by atoms with Gasteiger partial charge in [-0.2, -0.15) is 171 Å². The van der Waals surface area contributed by atoms with Gasteiger partial charge in [0, 0.05) is 31.4 Å². The Morgan fingerprint density at radius 1 is 0.338 bits per heavy atom. The molecule has 77 heavy (non-hydrogen) atoms. The van der Waals surface area contributed by atoms with Crippen LogP contribution in [-0.2, 0) is 0 Å². The highest BCUT2D eigenvalue weighted by molar-refractivity contribution is 6.79. The maximum absolute atomic E-state index is 15.1. The lowest BCUT2D eigenvalue weighted by molar-refractivity contribution is -0.440. The topological polar surface area (TPSA) is 29.1 Å². The van der Waals surface area contributed by atoms with Gasteiger partial charge in [0.15, 0.2) is 0 Å². The molecule has 1 rings (SSSR count). The molecule has 0 atom stereocenters. The summed E-state index contributed by atoms with van der Waals surface area (Å²) < 4.78 is 543. The number of rotatable bonds is 26. The molecule has 0 aliphatic carbocycles. The van der Waals surface area contributed by atoms with Crippen LogP contribution >= 0.6 is 0 Å². The summed E-state index contributed by atoms with van der Waals surface area (Å²) in [5.74, 6) is -129. The number of hydrogen-bond acceptors (Lipinski definition) is 1. The van der Waals surface area contributed by atoms with E-state index in [1.165, 1.54) is 6.92 Å². The molecule has 0 aromatic heterocycles. The van der Waals surface area contributed by atoms with Gasteiger partial charge < -0.3 is 5.32 Å². The van der Waals surface area contributed by atoms with E-state index in [0.29, 0.717) is 5.56 Å². The van der Waals surface area contributed by atoms with Crippen LogP contribution in [0, 0.1) is 6.92 Å². The molecular formula is C35H26F39NOSi. The van der Waals surface area contributed by atoms with Crippen LogP contribution in [0.4, 0.5) is 171 Å². The Hall–Kier alpha value is -3.82. The molecule has 0 fully saturated rings. The second-order valence-corrected chi connectivity index (χ2v) is 21.7. The normalized spacial score (nSPS) is 16.1. The molecule has 1 N–H and O–H groups in total. The standard InChI is InChI=1S/C35H26F39NOSi/c1-15-3-5-16(6-4-15)17(76)75-10-2-11-77(12-7-18(36,37)21(42,43)24(48,49)27(54,55)30(60,61)33(66,67)68,13-8-19(38,39)22(44,45)25(50,51)28(56,57)31(62,63)34(69,70)71)14-9-20(40,41)23(46,47)26(52,53)29(58,59)32(64,65)35(72,73)74/h3-6H,2,7-14H2,1H3,(H,75,76). The first-order chi connectivity index (χ1) is 33.3. The fourth-order valence-electron chi connectivity index (χ4n) is 6.37. The molecule has 0 aliphatic rings. The van der Waals surface area contributed by atoms with Crippen molar-refractivity contribution in [3.05, 3.63) is 35.4 Å². The molecule has 0 unspecified atom stereocenters. The number of halogens is 39. The zero-order chi connectivity index (χ0) is 62.1. The van der Waals surface area contributed by atoms with Crippen molar-refractivity contribution < 1.29 is 176 Å². The lowest BCUT2D eigenvalue weighted by atomic mass is 9.93. The van der Waals surface area contributed by atoms with Gasteiger partial charge in [0.2, 0.25) is 0 Å². The molecule has 0 spiro atoms. The third kappa shape index (κ3) is 11.7. The van der Waals surface area contributed by atoms with Gasteiger partial charge in [-0.3, -0.25) is 4.79 Å². The number of amides is 1. The van der Waals surface area contributed by atoms with Crippen LogP contribution in [0.1, 0.15) is 41.6 Å². The SMILES string of the molecule is Cc1ccc(C(=O)NCCC[Si](CCC(F)(F)C(F)(F)C(F)(F)C(F)(F)C(F)(F)C(F)(F)F)(CCC(F)(F)C(F)(F)C(F)(F)C(F)(F)C(F)(F)C(F)(F)F)CCC(F)(F)C(F)(F)C(F)(F)C(F)(F)C(F)(F)C(F)(F)F)cc1. The average Bonchev–Trinajstić information content (AvgIpc) is 3.23. The minimum absolute atomic E-state index is 0.311. The van der Waals surface area contributed by atoms with Crippen molar-refractivity contribution >= 4 is 14.0 Å². The van der Waals surface area contributed by atoms with Crippen LogP contribution in [0.5, 0.6) is 0 Å². The first kappa shape index (κ1) is 71.2. The predicted octanol–water partition coefficient (Wildman–Crippen LogP) is 17.0. The first-order valence-electron chi connectivity index (χ1n) is 19.5. The highest BCUT2D eigenvalue weighted by Crippen LogP contribution is 2.65. The Morgan fingerprint density at radius 3 is 0.779 bits per heavy atom. The molecule has 1 amide bonds. The van der Waals surface area contributed by atoms with Crippen LogP contribution < -0.4 is 5.32 Å². The van der Waals surface area contributed by atoms with E-state index in [1.807, 2.05) is 0 Å². The summed E-state index contributed by atoms with van der Waals surface area (Å²) >= 11 is 0. The van der Waals surface area contributed by atoms with Crippen molar-refractivity contribution in [1.82, 2.24) is 5.32 Å². The fraction of sp³-hybridized carbons (Fsp3) is 0.800. The van der Waals surface area contributed by atoms with Crippen LogP contribution in [0.3, 0.4) is 0 Å². The molecular weight excluding hydrogens is 1220 g/mol. The molecule has 1 aromatic carbocycles. The number of nitrogens with one attached hydrogen (secondary N) is 1. The summed E-state index contributed by atoms with van der Waals surface area (Å²) in [5, 5.41) is 1.61. The van der Waals surface area contributed by atoms with E-state index in [9.17, 15) is 150 Å². The molecule has 42 heteroatoms. The Morgan fingerprint density at radius 2 is 0.558 bits per heavy atom. The van der Waals surface area contributed by atoms with E-state index >= 15 is 26.3 Å². The van der Waals surface area contributed by atoms with Crippen LogP contribution in [0.15, 0.2) is 24.3 Å². The molecule has 0 bridgehead atoms. The van der Waals surface area contributed by atoms with Gasteiger partial charge in [-0.05, 0) is 25.5 Å². The third-order valence-corrected chi connectivity index (χ3v) is 16.7. The molecule has 0 saturated carbocycles. The van der Waals surface area contributed by atoms with E-state index in [2.05, 4.69) is 0 Å². The highest BCUT2D eigenvalue weighted by atomic mass is 28.3. The lowest BCUT2D eigenvalue weighted by Gasteiger charge is -2.43. The summed E-state index contributed by atoms with van der Waals surface area (Å²) in [4.78, 5) is 12.5. The van der Waals surface area contributed by atoms with Crippen LogP contribution in [-0.4, -0.2) is 128 Å². The van der Waals surface area contributed by atoms with Gasteiger partial charge in [0.05, 0.1) is 8.07 Å². The minimum atomic E-state index is -8.90. The minimum Gasteiger partial charge on any atom is -0.352 e. The van der Waals surface area contributed by atoms with Gasteiger partial charge in [0.25, 0.3) is 5.91 Å². The zero-order valence-corrected chi connectivity index (χ0v) is 37.3. The first-order valence-corrected chi connectivity index (χ1v) is 22.3. The number of carbonyl (C=O) groups is 1. The molecule has 454 valence electrons. The summed E-state index contributed by atoms with van der Waals surface area (Å²) in [5.41, 5.74) is -0.243. The van der Waals surface area contributed by atoms with E-state index in [-0.39, 0.29) is 0 Å². The van der Waals surface area contributed by atoms with Crippen LogP contribution in [0.25, 0.3) is 0 Å². The van der Waals surface area contributed by atoms with Gasteiger partial charge in [-0.15, -0.1) is 0 Å². The number of alkyl halides is 39. The predicted molar refractivity (Wildman–Crippen MR) is 179 cm³/mol. The molecule has 1 aromatic rings. The van der Waals surface area contributed by atoms with Crippen molar-refractivity contribution in [2.75, 3.05) is 6.54 Å². The summed E-state index contributed by atoms with van der Waals surface area (Å²) in [6, 6.07) is -8.29. The number of aryl methyl sites for hydroxylation is 1. The quantitative estimate of drug-likeness (QED) is 0.0559. The molecule has 2 nitrogen and oxygen atoms in total. The van der Waals surface area contributed by atoms with E-state index < -0.39 is 183 Å². The Labute approximate surface area is 402 Å². The fourth-order valence-corrected chi connectivity index (χ4v) is 11.3. The monoisotopic (exact) mass is 1250 g/mol. The summed E-state index contributed by atoms with van der Waals surface area (Å²) in [6.07, 6.45) is -38.4. The lowest BCUT2D eigenvalue weighted by Crippen LogP contribution is -2.70. The number of hydrogen-bond donors (Lipinski definition) is 1. The molecule has 0 saturated heterocycles. The largest absolute Gasteiger partial charge is 0.460 e. The van der Waals surface area contributed by atoms with Crippen molar-refractivity contribution in [3.63, 3.8) is 0 Å². The summed E-state index contributed by atoms with van der Waals surface area (Å²) in [7, 11) is -6.91. The van der Waals surface area contributed by atoms with Crippen molar-refractivity contribution in [2.24, 2.45) is 0 Å². The zero-order valence-electron chi connectivity index (χ0n) is 36.3. The van der Waals surface area contributed by atoms with E-state index in [4.69, 9.17) is 0 Å². The third-order valence-electron chi connectivity index (χ3n) is 11.4. The second-order valence-electron chi connectivity index (χ2n) is 16.7. The van der Waals surface area contributed by atoms with Gasteiger partial charge in [0.1, 0.15) is 0 Å². The van der Waals surface area contributed by atoms with Gasteiger partial charge in [-0.1, -0.05) is 41.9 Å². The molecule has 0 radical (unpaired) electrons. The Kier molecular flexibility index (Phi) is 19.1. The molecule has 0 heterocycles. The average molecular weight is 1250 g/mol. The maximum Gasteiger partial charge on any atom is 0.460 e. The number of carbonyl (C=O) groups excluding carboxylic acids is 1. The maximum atomic E-state index is 15.1. The Balaban J connectivity index is 4.41. The second kappa shape index (κ2) is 20.6. The van der Waals surface area contributed by atoms with Gasteiger partial charge >= 0.3 is 107 Å². The Bertz CT molecular complexity index is 1980. The molecule has 0 aliphatic heterocycles. The van der Waals surface area contributed by atoms with E-state index in [0.717, 1.165) is 24.3 Å². The smallest absolute Gasteiger partial charge is 0.352 e. The highest BCUT2D eigenvalue weighted by Gasteiger charge is 2.93. The van der Waals surface area contributed by atoms with Gasteiger partial charge in [-0.25, -0.2) is 0 Å². The van der Waals surface area contributed by atoms with Crippen molar-refractivity contribution in [3.8, 4) is 0 Å². The van der Waals surface area contributed by atoms with Crippen molar-refractivity contribution in [1.29, 1.82) is 0 Å². The summed E-state index contributed by atoms with van der Waals surface area (Å²) in [6.45, 7) is -0.193.